The van der Waals surface area contributed by atoms with Crippen LogP contribution in [0.15, 0.2) is 24.3 Å². The number of phenolic OH excluding ortho intramolecular Hbond substituents is 1. The van der Waals surface area contributed by atoms with Crippen molar-refractivity contribution in [2.75, 3.05) is 26.8 Å². The number of hydrogen-bond acceptors (Lipinski definition) is 3. The molecule has 18 heavy (non-hydrogen) atoms. The normalized spacial score (nSPS) is 19.5. The summed E-state index contributed by atoms with van der Waals surface area (Å²) >= 11 is 0. The maximum atomic E-state index is 12.1. The highest BCUT2D eigenvalue weighted by Crippen LogP contribution is 2.17. The monoisotopic (exact) mass is 249 g/mol. The van der Waals surface area contributed by atoms with Gasteiger partial charge in [0.15, 0.2) is 0 Å². The van der Waals surface area contributed by atoms with Crippen LogP contribution in [0.5, 0.6) is 5.75 Å². The van der Waals surface area contributed by atoms with E-state index in [4.69, 9.17) is 4.74 Å². The first-order valence-electron chi connectivity index (χ1n) is 6.29. The molecule has 1 amide bonds. The Kier molecular flexibility index (Phi) is 4.20. The molecular weight excluding hydrogens is 230 g/mol. The van der Waals surface area contributed by atoms with E-state index in [1.54, 1.807) is 30.1 Å². The van der Waals surface area contributed by atoms with Gasteiger partial charge in [-0.15, -0.1) is 0 Å². The Bertz CT molecular complexity index is 413. The molecule has 98 valence electrons. The molecule has 1 aromatic carbocycles. The minimum absolute atomic E-state index is 0.0588. The Hall–Kier alpha value is -1.55. The van der Waals surface area contributed by atoms with E-state index >= 15 is 0 Å². The average Bonchev–Trinajstić information content (AvgIpc) is 2.39. The Morgan fingerprint density at radius 1 is 1.56 bits per heavy atom. The van der Waals surface area contributed by atoms with Gasteiger partial charge in [-0.2, -0.15) is 0 Å². The lowest BCUT2D eigenvalue weighted by Gasteiger charge is -2.27. The zero-order valence-corrected chi connectivity index (χ0v) is 10.6. The molecule has 0 saturated carbocycles. The maximum absolute atomic E-state index is 12.1. The number of benzene rings is 1. The van der Waals surface area contributed by atoms with Gasteiger partial charge < -0.3 is 14.7 Å². The van der Waals surface area contributed by atoms with E-state index in [-0.39, 0.29) is 11.7 Å². The minimum Gasteiger partial charge on any atom is -0.508 e. The van der Waals surface area contributed by atoms with Crippen molar-refractivity contribution in [3.05, 3.63) is 29.8 Å². The van der Waals surface area contributed by atoms with Crippen LogP contribution < -0.4 is 0 Å². The molecule has 1 heterocycles. The van der Waals surface area contributed by atoms with E-state index in [0.717, 1.165) is 26.1 Å². The second-order valence-electron chi connectivity index (χ2n) is 4.82. The van der Waals surface area contributed by atoms with Crippen molar-refractivity contribution in [1.29, 1.82) is 0 Å². The number of carbonyl (C=O) groups excluding carboxylic acids is 1. The molecule has 1 aliphatic heterocycles. The van der Waals surface area contributed by atoms with E-state index in [2.05, 4.69) is 0 Å². The first-order valence-corrected chi connectivity index (χ1v) is 6.29. The maximum Gasteiger partial charge on any atom is 0.253 e. The van der Waals surface area contributed by atoms with Crippen LogP contribution in [0, 0.1) is 5.92 Å². The third-order valence-electron chi connectivity index (χ3n) is 3.23. The number of phenols is 1. The third-order valence-corrected chi connectivity index (χ3v) is 3.23. The third kappa shape index (κ3) is 3.23. The van der Waals surface area contributed by atoms with Crippen LogP contribution in [0.25, 0.3) is 0 Å². The van der Waals surface area contributed by atoms with Crippen molar-refractivity contribution in [3.8, 4) is 5.75 Å². The van der Waals surface area contributed by atoms with Crippen molar-refractivity contribution >= 4 is 5.91 Å². The van der Waals surface area contributed by atoms with Crippen LogP contribution in [0.3, 0.4) is 0 Å². The minimum atomic E-state index is -0.0588. The standard InChI is InChI=1S/C14H19NO3/c1-15(9-11-4-3-7-18-10-11)14(17)12-5-2-6-13(16)8-12/h2,5-6,8,11,16H,3-4,7,9-10H2,1H3. The fraction of sp³-hybridized carbons (Fsp3) is 0.500. The first-order chi connectivity index (χ1) is 8.66. The Labute approximate surface area is 107 Å². The molecule has 1 atom stereocenters. The van der Waals surface area contributed by atoms with Crippen LogP contribution in [0.2, 0.25) is 0 Å². The van der Waals surface area contributed by atoms with Gasteiger partial charge in [-0.1, -0.05) is 6.07 Å². The summed E-state index contributed by atoms with van der Waals surface area (Å²) in [6, 6.07) is 6.46. The molecule has 1 unspecified atom stereocenters. The molecule has 1 aromatic rings. The summed E-state index contributed by atoms with van der Waals surface area (Å²) in [6.07, 6.45) is 2.18. The predicted octanol–water partition coefficient (Wildman–Crippen LogP) is 1.89. The van der Waals surface area contributed by atoms with E-state index in [1.165, 1.54) is 6.07 Å². The number of amides is 1. The predicted molar refractivity (Wildman–Crippen MR) is 68.6 cm³/mol. The van der Waals surface area contributed by atoms with E-state index < -0.39 is 0 Å². The molecular formula is C14H19NO3. The lowest BCUT2D eigenvalue weighted by atomic mass is 10.0. The number of hydrogen-bond donors (Lipinski definition) is 1. The average molecular weight is 249 g/mol. The van der Waals surface area contributed by atoms with Gasteiger partial charge in [-0.3, -0.25) is 4.79 Å². The van der Waals surface area contributed by atoms with Gasteiger partial charge in [0.1, 0.15) is 5.75 Å². The number of ether oxygens (including phenoxy) is 1. The lowest BCUT2D eigenvalue weighted by Crippen LogP contribution is -2.35. The Morgan fingerprint density at radius 3 is 3.06 bits per heavy atom. The van der Waals surface area contributed by atoms with E-state index in [1.807, 2.05) is 0 Å². The topological polar surface area (TPSA) is 49.8 Å². The molecule has 0 aliphatic carbocycles. The SMILES string of the molecule is CN(CC1CCCOC1)C(=O)c1cccc(O)c1. The van der Waals surface area contributed by atoms with Crippen LogP contribution in [-0.4, -0.2) is 42.7 Å². The molecule has 1 aliphatic rings. The lowest BCUT2D eigenvalue weighted by molar-refractivity contribution is 0.0388. The Morgan fingerprint density at radius 2 is 2.39 bits per heavy atom. The molecule has 0 aromatic heterocycles. The smallest absolute Gasteiger partial charge is 0.253 e. The molecule has 1 fully saturated rings. The molecule has 2 rings (SSSR count). The fourth-order valence-corrected chi connectivity index (χ4v) is 2.28. The second-order valence-corrected chi connectivity index (χ2v) is 4.82. The van der Waals surface area contributed by atoms with Crippen molar-refractivity contribution in [1.82, 2.24) is 4.90 Å². The quantitative estimate of drug-likeness (QED) is 0.890. The van der Waals surface area contributed by atoms with Gasteiger partial charge >= 0.3 is 0 Å². The Balaban J connectivity index is 1.95. The van der Waals surface area contributed by atoms with Gasteiger partial charge in [0.05, 0.1) is 6.61 Å². The van der Waals surface area contributed by atoms with Gasteiger partial charge in [-0.05, 0) is 37.0 Å². The van der Waals surface area contributed by atoms with Gasteiger partial charge in [0, 0.05) is 25.8 Å². The van der Waals surface area contributed by atoms with Gasteiger partial charge in [-0.25, -0.2) is 0 Å². The van der Waals surface area contributed by atoms with E-state index in [0.29, 0.717) is 18.0 Å². The molecule has 0 radical (unpaired) electrons. The molecule has 0 bridgehead atoms. The highest BCUT2D eigenvalue weighted by Gasteiger charge is 2.19. The summed E-state index contributed by atoms with van der Waals surface area (Å²) in [5.74, 6) is 0.483. The molecule has 4 nitrogen and oxygen atoms in total. The molecule has 0 spiro atoms. The number of aromatic hydroxyl groups is 1. The highest BCUT2D eigenvalue weighted by atomic mass is 16.5. The summed E-state index contributed by atoms with van der Waals surface area (Å²) in [5.41, 5.74) is 0.522. The number of carbonyl (C=O) groups is 1. The largest absolute Gasteiger partial charge is 0.508 e. The summed E-state index contributed by atoms with van der Waals surface area (Å²) in [5, 5.41) is 9.37. The number of rotatable bonds is 3. The second kappa shape index (κ2) is 5.87. The molecule has 1 N–H and O–H groups in total. The zero-order valence-electron chi connectivity index (χ0n) is 10.6. The summed E-state index contributed by atoms with van der Waals surface area (Å²) < 4.78 is 5.41. The van der Waals surface area contributed by atoms with Crippen molar-refractivity contribution in [2.24, 2.45) is 5.92 Å². The van der Waals surface area contributed by atoms with Gasteiger partial charge in [0.2, 0.25) is 0 Å². The van der Waals surface area contributed by atoms with Gasteiger partial charge in [0.25, 0.3) is 5.91 Å². The summed E-state index contributed by atoms with van der Waals surface area (Å²) in [6.45, 7) is 2.27. The van der Waals surface area contributed by atoms with Crippen molar-refractivity contribution in [2.45, 2.75) is 12.8 Å². The molecule has 1 saturated heterocycles. The van der Waals surface area contributed by atoms with E-state index in [9.17, 15) is 9.90 Å². The fourth-order valence-electron chi connectivity index (χ4n) is 2.28. The zero-order chi connectivity index (χ0) is 13.0. The highest BCUT2D eigenvalue weighted by molar-refractivity contribution is 5.94. The van der Waals surface area contributed by atoms with Crippen molar-refractivity contribution < 1.29 is 14.6 Å². The van der Waals surface area contributed by atoms with Crippen LogP contribution in [0.1, 0.15) is 23.2 Å². The summed E-state index contributed by atoms with van der Waals surface area (Å²) in [7, 11) is 1.79. The first kappa shape index (κ1) is 12.9. The van der Waals surface area contributed by atoms with Crippen LogP contribution in [-0.2, 0) is 4.74 Å². The van der Waals surface area contributed by atoms with Crippen LogP contribution >= 0.6 is 0 Å². The number of nitrogens with zero attached hydrogens (tertiary/aromatic N) is 1. The summed E-state index contributed by atoms with van der Waals surface area (Å²) in [4.78, 5) is 13.8. The molecule has 4 heteroatoms. The van der Waals surface area contributed by atoms with Crippen LogP contribution in [0.4, 0.5) is 0 Å². The van der Waals surface area contributed by atoms with Crippen molar-refractivity contribution in [3.63, 3.8) is 0 Å².